The molecule has 1 atom stereocenters. The highest BCUT2D eigenvalue weighted by molar-refractivity contribution is 5.88. The second-order valence-electron chi connectivity index (χ2n) is 4.61. The molecule has 0 aliphatic rings. The summed E-state index contributed by atoms with van der Waals surface area (Å²) in [5.74, 6) is -0.947. The summed E-state index contributed by atoms with van der Waals surface area (Å²) in [5, 5.41) is 9.81. The van der Waals surface area contributed by atoms with Gasteiger partial charge in [-0.15, -0.1) is 0 Å². The van der Waals surface area contributed by atoms with Crippen LogP contribution in [-0.4, -0.2) is 16.1 Å². The van der Waals surface area contributed by atoms with Crippen molar-refractivity contribution in [3.63, 3.8) is 0 Å². The van der Waals surface area contributed by atoms with Crippen molar-refractivity contribution in [3.05, 3.63) is 65.9 Å². The molecule has 1 N–H and O–H groups in total. The van der Waals surface area contributed by atoms with E-state index in [-0.39, 0.29) is 23.5 Å². The van der Waals surface area contributed by atoms with Crippen molar-refractivity contribution < 1.29 is 32.2 Å². The summed E-state index contributed by atoms with van der Waals surface area (Å²) < 4.78 is 47.4. The van der Waals surface area contributed by atoms with Gasteiger partial charge in [0.1, 0.15) is 12.7 Å². The molecule has 1 heterocycles. The summed E-state index contributed by atoms with van der Waals surface area (Å²) in [6.07, 6.45) is -3.64. The fraction of sp³-hybridized carbons (Fsp3) is 0.200. The van der Waals surface area contributed by atoms with Gasteiger partial charge < -0.3 is 14.3 Å². The van der Waals surface area contributed by atoms with Crippen LogP contribution in [0.1, 0.15) is 23.0 Å². The fourth-order valence-corrected chi connectivity index (χ4v) is 1.72. The Kier molecular flexibility index (Phi) is 4.85. The number of esters is 1. The van der Waals surface area contributed by atoms with Crippen LogP contribution in [0.4, 0.5) is 13.2 Å². The summed E-state index contributed by atoms with van der Waals surface area (Å²) in [5.41, 5.74) is -0.990. The number of oxazole rings is 1. The lowest BCUT2D eigenvalue weighted by molar-refractivity contribution is -0.141. The molecule has 2 rings (SSSR count). The number of alkyl halides is 3. The van der Waals surface area contributed by atoms with Crippen molar-refractivity contribution >= 4 is 5.97 Å². The topological polar surface area (TPSA) is 72.6 Å². The smallest absolute Gasteiger partial charge is 0.416 e. The van der Waals surface area contributed by atoms with Gasteiger partial charge in [0, 0.05) is 0 Å². The minimum atomic E-state index is -4.48. The minimum absolute atomic E-state index is 0.00557. The Labute approximate surface area is 129 Å². The predicted molar refractivity (Wildman–Crippen MR) is 71.8 cm³/mol. The Morgan fingerprint density at radius 1 is 1.43 bits per heavy atom. The molecule has 1 aromatic heterocycles. The van der Waals surface area contributed by atoms with Crippen molar-refractivity contribution in [2.75, 3.05) is 0 Å². The molecule has 8 heteroatoms. The molecule has 2 aromatic rings. The number of hydrogen-bond acceptors (Lipinski definition) is 5. The zero-order valence-corrected chi connectivity index (χ0v) is 11.7. The van der Waals surface area contributed by atoms with Crippen LogP contribution in [0.3, 0.4) is 0 Å². The van der Waals surface area contributed by atoms with E-state index in [1.807, 2.05) is 0 Å². The van der Waals surface area contributed by atoms with Gasteiger partial charge in [-0.3, -0.25) is 0 Å². The summed E-state index contributed by atoms with van der Waals surface area (Å²) in [7, 11) is 0. The highest BCUT2D eigenvalue weighted by atomic mass is 19.4. The molecule has 0 bridgehead atoms. The number of ether oxygens (including phenoxy) is 1. The summed E-state index contributed by atoms with van der Waals surface area (Å²) in [4.78, 5) is 15.4. The zero-order valence-electron chi connectivity index (χ0n) is 11.7. The first-order valence-corrected chi connectivity index (χ1v) is 6.37. The highest BCUT2D eigenvalue weighted by Crippen LogP contribution is 2.29. The number of hydrogen-bond donors (Lipinski definition) is 1. The number of rotatable bonds is 5. The van der Waals surface area contributed by atoms with Crippen LogP contribution in [0.15, 0.2) is 53.4 Å². The first-order valence-electron chi connectivity index (χ1n) is 6.37. The van der Waals surface area contributed by atoms with Gasteiger partial charge in [0.2, 0.25) is 0 Å². The summed E-state index contributed by atoms with van der Waals surface area (Å²) in [6.45, 7) is 3.00. The second-order valence-corrected chi connectivity index (χ2v) is 4.61. The van der Waals surface area contributed by atoms with Crippen LogP contribution in [0.5, 0.6) is 0 Å². The molecule has 1 aromatic carbocycles. The van der Waals surface area contributed by atoms with Crippen molar-refractivity contribution in [1.29, 1.82) is 0 Å². The Bertz CT molecular complexity index is 695. The van der Waals surface area contributed by atoms with Crippen molar-refractivity contribution in [1.82, 2.24) is 4.98 Å². The maximum absolute atomic E-state index is 12.6. The van der Waals surface area contributed by atoms with Crippen LogP contribution in [0.25, 0.3) is 0 Å². The van der Waals surface area contributed by atoms with E-state index in [1.54, 1.807) is 0 Å². The van der Waals surface area contributed by atoms with E-state index in [0.29, 0.717) is 0 Å². The van der Waals surface area contributed by atoms with E-state index in [9.17, 15) is 23.1 Å². The normalized spacial score (nSPS) is 12.7. The van der Waals surface area contributed by atoms with Gasteiger partial charge in [0.15, 0.2) is 12.2 Å². The van der Waals surface area contributed by atoms with Crippen molar-refractivity contribution in [2.24, 2.45) is 0 Å². The molecule has 0 saturated carbocycles. The maximum atomic E-state index is 12.6. The fourth-order valence-electron chi connectivity index (χ4n) is 1.72. The first-order chi connectivity index (χ1) is 10.8. The third kappa shape index (κ3) is 4.19. The largest absolute Gasteiger partial charge is 0.457 e. The molecular formula is C15H12F3NO4. The van der Waals surface area contributed by atoms with Crippen LogP contribution >= 0.6 is 0 Å². The third-order valence-electron chi connectivity index (χ3n) is 2.94. The Balaban J connectivity index is 1.98. The van der Waals surface area contributed by atoms with E-state index in [2.05, 4.69) is 11.6 Å². The quantitative estimate of drug-likeness (QED) is 0.675. The van der Waals surface area contributed by atoms with E-state index in [0.717, 1.165) is 18.5 Å². The van der Waals surface area contributed by atoms with Crippen molar-refractivity contribution in [2.45, 2.75) is 18.9 Å². The molecule has 0 fully saturated rings. The molecule has 1 unspecified atom stereocenters. The molecule has 5 nitrogen and oxygen atoms in total. The van der Waals surface area contributed by atoms with E-state index in [4.69, 9.17) is 9.15 Å². The second kappa shape index (κ2) is 6.66. The zero-order chi connectivity index (χ0) is 17.0. The highest BCUT2D eigenvalue weighted by Gasteiger charge is 2.30. The number of aliphatic hydroxyl groups is 1. The van der Waals surface area contributed by atoms with Gasteiger partial charge in [0.05, 0.1) is 17.3 Å². The minimum Gasteiger partial charge on any atom is -0.457 e. The Morgan fingerprint density at radius 2 is 2.17 bits per heavy atom. The number of aliphatic hydroxyl groups excluding tert-OH is 1. The van der Waals surface area contributed by atoms with E-state index >= 15 is 0 Å². The Morgan fingerprint density at radius 3 is 2.78 bits per heavy atom. The number of benzene rings is 1. The lowest BCUT2D eigenvalue weighted by Crippen LogP contribution is -2.14. The number of carbonyl (C=O) groups excluding carboxylic acids is 1. The van der Waals surface area contributed by atoms with Crippen LogP contribution < -0.4 is 0 Å². The first kappa shape index (κ1) is 16.8. The lowest BCUT2D eigenvalue weighted by Gasteiger charge is -2.12. The van der Waals surface area contributed by atoms with Crippen LogP contribution in [0, 0.1) is 0 Å². The Hall–Kier alpha value is -2.61. The molecule has 23 heavy (non-hydrogen) atoms. The molecule has 0 spiro atoms. The molecule has 0 amide bonds. The molecule has 0 radical (unpaired) electrons. The SMILES string of the molecule is C=C(C(=O)OCc1cccc(C(F)(F)F)c1)C(O)c1cnco1. The molecule has 122 valence electrons. The van der Waals surface area contributed by atoms with Gasteiger partial charge in [0.25, 0.3) is 0 Å². The standard InChI is InChI=1S/C15H12F3NO4/c1-9(13(20)12-6-19-8-23-12)14(21)22-7-10-3-2-4-11(5-10)15(16,17)18/h2-6,8,13,20H,1,7H2. The average molecular weight is 327 g/mol. The van der Waals surface area contributed by atoms with Gasteiger partial charge >= 0.3 is 12.1 Å². The van der Waals surface area contributed by atoms with Gasteiger partial charge in [-0.2, -0.15) is 13.2 Å². The van der Waals surface area contributed by atoms with Gasteiger partial charge in [-0.1, -0.05) is 18.7 Å². The number of carbonyl (C=O) groups is 1. The summed E-state index contributed by atoms with van der Waals surface area (Å²) >= 11 is 0. The number of halogens is 3. The van der Waals surface area contributed by atoms with E-state index < -0.39 is 23.8 Å². The summed E-state index contributed by atoms with van der Waals surface area (Å²) in [6, 6.07) is 4.39. The maximum Gasteiger partial charge on any atom is 0.416 e. The van der Waals surface area contributed by atoms with Crippen LogP contribution in [-0.2, 0) is 22.3 Å². The predicted octanol–water partition coefficient (Wildman–Crippen LogP) is 3.03. The van der Waals surface area contributed by atoms with E-state index in [1.165, 1.54) is 18.3 Å². The number of nitrogens with zero attached hydrogens (tertiary/aromatic N) is 1. The van der Waals surface area contributed by atoms with Gasteiger partial charge in [-0.25, -0.2) is 9.78 Å². The lowest BCUT2D eigenvalue weighted by atomic mass is 10.1. The van der Waals surface area contributed by atoms with Gasteiger partial charge in [-0.05, 0) is 17.7 Å². The monoisotopic (exact) mass is 327 g/mol. The third-order valence-corrected chi connectivity index (χ3v) is 2.94. The molecule has 0 aliphatic carbocycles. The van der Waals surface area contributed by atoms with Crippen LogP contribution in [0.2, 0.25) is 0 Å². The molecular weight excluding hydrogens is 315 g/mol. The number of aromatic nitrogens is 1. The molecule has 0 aliphatic heterocycles. The molecule has 0 saturated heterocycles. The van der Waals surface area contributed by atoms with Crippen molar-refractivity contribution in [3.8, 4) is 0 Å². The average Bonchev–Trinajstić information content (AvgIpc) is 3.05.